The fourth-order valence-electron chi connectivity index (χ4n) is 1.97. The van der Waals surface area contributed by atoms with Crippen molar-refractivity contribution in [2.75, 3.05) is 0 Å². The highest BCUT2D eigenvalue weighted by atomic mass is 16.1. The highest BCUT2D eigenvalue weighted by Crippen LogP contribution is 2.26. The van der Waals surface area contributed by atoms with E-state index in [0.29, 0.717) is 5.56 Å². The van der Waals surface area contributed by atoms with Crippen LogP contribution < -0.4 is 5.73 Å². The number of amides is 1. The predicted octanol–water partition coefficient (Wildman–Crippen LogP) is 1.79. The van der Waals surface area contributed by atoms with Gasteiger partial charge in [0.15, 0.2) is 0 Å². The Morgan fingerprint density at radius 2 is 1.89 bits per heavy atom. The Balaban J connectivity index is 2.25. The monoisotopic (exact) mass is 250 g/mol. The zero-order valence-electron chi connectivity index (χ0n) is 9.95. The fraction of sp³-hybridized carbons (Fsp3) is 0. The van der Waals surface area contributed by atoms with E-state index in [9.17, 15) is 4.79 Å². The van der Waals surface area contributed by atoms with Crippen LogP contribution in [-0.2, 0) is 0 Å². The van der Waals surface area contributed by atoms with Crippen molar-refractivity contribution in [1.29, 1.82) is 0 Å². The minimum Gasteiger partial charge on any atom is -0.366 e. The van der Waals surface area contributed by atoms with Gasteiger partial charge in [-0.1, -0.05) is 18.2 Å². The third-order valence-corrected chi connectivity index (χ3v) is 2.87. The molecule has 2 aromatic heterocycles. The minimum atomic E-state index is -0.483. The number of carbonyl (C=O) groups excluding carboxylic acids is 1. The molecule has 5 nitrogen and oxygen atoms in total. The molecule has 0 spiro atoms. The first kappa shape index (κ1) is 11.3. The second-order valence-corrected chi connectivity index (χ2v) is 4.09. The van der Waals surface area contributed by atoms with Gasteiger partial charge < -0.3 is 5.73 Å². The second-order valence-electron chi connectivity index (χ2n) is 4.09. The summed E-state index contributed by atoms with van der Waals surface area (Å²) < 4.78 is 0. The molecule has 2 N–H and O–H groups in total. The number of fused-ring (bicyclic) bond motifs is 1. The maximum absolute atomic E-state index is 11.2. The van der Waals surface area contributed by atoms with Crippen molar-refractivity contribution in [2.24, 2.45) is 5.73 Å². The maximum atomic E-state index is 11.2. The second kappa shape index (κ2) is 4.45. The highest BCUT2D eigenvalue weighted by molar-refractivity contribution is 5.99. The van der Waals surface area contributed by atoms with Crippen molar-refractivity contribution in [3.05, 3.63) is 54.7 Å². The van der Waals surface area contributed by atoms with E-state index in [2.05, 4.69) is 15.0 Å². The van der Waals surface area contributed by atoms with Crippen LogP contribution in [0.3, 0.4) is 0 Å². The number of pyridine rings is 1. The van der Waals surface area contributed by atoms with Crippen molar-refractivity contribution in [1.82, 2.24) is 15.0 Å². The van der Waals surface area contributed by atoms with Crippen LogP contribution in [0.2, 0.25) is 0 Å². The van der Waals surface area contributed by atoms with E-state index in [1.54, 1.807) is 18.5 Å². The van der Waals surface area contributed by atoms with Crippen molar-refractivity contribution >= 4 is 16.8 Å². The Kier molecular flexibility index (Phi) is 2.64. The van der Waals surface area contributed by atoms with E-state index in [-0.39, 0.29) is 0 Å². The van der Waals surface area contributed by atoms with E-state index in [1.165, 1.54) is 12.5 Å². The van der Waals surface area contributed by atoms with Gasteiger partial charge in [-0.25, -0.2) is 9.97 Å². The summed E-state index contributed by atoms with van der Waals surface area (Å²) in [7, 11) is 0. The molecule has 0 aliphatic heterocycles. The SMILES string of the molecule is NC(=O)c1cnc2c(-c3cncnc3)cccc2c1. The zero-order chi connectivity index (χ0) is 13.2. The molecule has 0 aliphatic rings. The van der Waals surface area contributed by atoms with Gasteiger partial charge in [-0.3, -0.25) is 9.78 Å². The Labute approximate surface area is 109 Å². The van der Waals surface area contributed by atoms with Crippen LogP contribution in [-0.4, -0.2) is 20.9 Å². The molecule has 92 valence electrons. The van der Waals surface area contributed by atoms with E-state index in [0.717, 1.165) is 22.0 Å². The molecule has 0 fully saturated rings. The van der Waals surface area contributed by atoms with E-state index >= 15 is 0 Å². The number of hydrogen-bond acceptors (Lipinski definition) is 4. The molecule has 0 saturated heterocycles. The van der Waals surface area contributed by atoms with Crippen LogP contribution in [0.4, 0.5) is 0 Å². The lowest BCUT2D eigenvalue weighted by Gasteiger charge is -2.06. The Morgan fingerprint density at radius 1 is 1.11 bits per heavy atom. The van der Waals surface area contributed by atoms with Crippen molar-refractivity contribution in [3.63, 3.8) is 0 Å². The van der Waals surface area contributed by atoms with Crippen LogP contribution in [0.15, 0.2) is 49.2 Å². The third kappa shape index (κ3) is 2.01. The molecular weight excluding hydrogens is 240 g/mol. The summed E-state index contributed by atoms with van der Waals surface area (Å²) in [6.07, 6.45) is 6.42. The fourth-order valence-corrected chi connectivity index (χ4v) is 1.97. The van der Waals surface area contributed by atoms with Gasteiger partial charge >= 0.3 is 0 Å². The quantitative estimate of drug-likeness (QED) is 0.751. The summed E-state index contributed by atoms with van der Waals surface area (Å²) in [5.41, 5.74) is 8.25. The van der Waals surface area contributed by atoms with Gasteiger partial charge in [0.05, 0.1) is 11.1 Å². The zero-order valence-corrected chi connectivity index (χ0v) is 9.95. The Morgan fingerprint density at radius 3 is 2.63 bits per heavy atom. The number of aromatic nitrogens is 3. The number of carbonyl (C=O) groups is 1. The molecule has 0 unspecified atom stereocenters. The molecule has 1 aromatic carbocycles. The maximum Gasteiger partial charge on any atom is 0.250 e. The van der Waals surface area contributed by atoms with Gasteiger partial charge in [-0.2, -0.15) is 0 Å². The number of nitrogens with two attached hydrogens (primary N) is 1. The third-order valence-electron chi connectivity index (χ3n) is 2.87. The average molecular weight is 250 g/mol. The number of rotatable bonds is 2. The summed E-state index contributed by atoms with van der Waals surface area (Å²) >= 11 is 0. The van der Waals surface area contributed by atoms with E-state index < -0.39 is 5.91 Å². The topological polar surface area (TPSA) is 81.8 Å². The molecule has 5 heteroatoms. The van der Waals surface area contributed by atoms with Gasteiger partial charge in [0.2, 0.25) is 5.91 Å². The molecule has 0 aliphatic carbocycles. The van der Waals surface area contributed by atoms with Crippen LogP contribution in [0.25, 0.3) is 22.0 Å². The first-order chi connectivity index (χ1) is 9.25. The molecule has 19 heavy (non-hydrogen) atoms. The van der Waals surface area contributed by atoms with Gasteiger partial charge in [0, 0.05) is 35.1 Å². The van der Waals surface area contributed by atoms with Crippen molar-refractivity contribution < 1.29 is 4.79 Å². The van der Waals surface area contributed by atoms with Crippen LogP contribution in [0, 0.1) is 0 Å². The molecule has 0 radical (unpaired) electrons. The van der Waals surface area contributed by atoms with Gasteiger partial charge in [-0.15, -0.1) is 0 Å². The summed E-state index contributed by atoms with van der Waals surface area (Å²) in [6, 6.07) is 7.47. The molecule has 0 atom stereocenters. The van der Waals surface area contributed by atoms with Gasteiger partial charge in [-0.05, 0) is 6.07 Å². The number of benzene rings is 1. The van der Waals surface area contributed by atoms with Crippen LogP contribution in [0.1, 0.15) is 10.4 Å². The van der Waals surface area contributed by atoms with Gasteiger partial charge in [0.1, 0.15) is 6.33 Å². The minimum absolute atomic E-state index is 0.397. The standard InChI is InChI=1S/C14H10N4O/c15-14(19)10-4-9-2-1-3-12(13(9)18-7-10)11-5-16-8-17-6-11/h1-8H,(H2,15,19). The Hall–Kier alpha value is -2.82. The van der Waals surface area contributed by atoms with Crippen molar-refractivity contribution in [2.45, 2.75) is 0 Å². The summed E-state index contributed by atoms with van der Waals surface area (Å²) in [6.45, 7) is 0. The van der Waals surface area contributed by atoms with Crippen LogP contribution >= 0.6 is 0 Å². The average Bonchev–Trinajstić information content (AvgIpc) is 2.47. The molecule has 2 heterocycles. The lowest BCUT2D eigenvalue weighted by atomic mass is 10.0. The smallest absolute Gasteiger partial charge is 0.250 e. The predicted molar refractivity (Wildman–Crippen MR) is 71.3 cm³/mol. The normalized spacial score (nSPS) is 10.5. The number of hydrogen-bond donors (Lipinski definition) is 1. The first-order valence-corrected chi connectivity index (χ1v) is 5.69. The number of primary amides is 1. The first-order valence-electron chi connectivity index (χ1n) is 5.69. The highest BCUT2D eigenvalue weighted by Gasteiger charge is 2.08. The van der Waals surface area contributed by atoms with E-state index in [1.807, 2.05) is 18.2 Å². The molecule has 3 rings (SSSR count). The largest absolute Gasteiger partial charge is 0.366 e. The molecule has 0 bridgehead atoms. The Bertz CT molecular complexity index is 756. The molecule has 3 aromatic rings. The lowest BCUT2D eigenvalue weighted by Crippen LogP contribution is -2.11. The van der Waals surface area contributed by atoms with Crippen LogP contribution in [0.5, 0.6) is 0 Å². The van der Waals surface area contributed by atoms with Crippen molar-refractivity contribution in [3.8, 4) is 11.1 Å². The summed E-state index contributed by atoms with van der Waals surface area (Å²) in [5, 5.41) is 0.859. The lowest BCUT2D eigenvalue weighted by molar-refractivity contribution is 0.1000. The number of para-hydroxylation sites is 1. The molecule has 0 saturated carbocycles. The van der Waals surface area contributed by atoms with E-state index in [4.69, 9.17) is 5.73 Å². The number of nitrogens with zero attached hydrogens (tertiary/aromatic N) is 3. The summed E-state index contributed by atoms with van der Waals surface area (Å²) in [5.74, 6) is -0.483. The molecule has 1 amide bonds. The molecular formula is C14H10N4O. The van der Waals surface area contributed by atoms with Gasteiger partial charge in [0.25, 0.3) is 0 Å². The summed E-state index contributed by atoms with van der Waals surface area (Å²) in [4.78, 5) is 23.5.